The van der Waals surface area contributed by atoms with Crippen LogP contribution in [0.25, 0.3) is 10.9 Å². The Bertz CT molecular complexity index is 1160. The molecule has 3 aromatic rings. The molecule has 9 heteroatoms. The first-order valence-electron chi connectivity index (χ1n) is 7.89. The number of pyridine rings is 1. The molecule has 0 bridgehead atoms. The van der Waals surface area contributed by atoms with Crippen LogP contribution in [0.15, 0.2) is 47.4 Å². The van der Waals surface area contributed by atoms with Crippen molar-refractivity contribution in [1.29, 1.82) is 0 Å². The molecule has 2 aromatic carbocycles. The number of carboxylic acids is 2. The predicted molar refractivity (Wildman–Crippen MR) is 93.9 cm³/mol. The molecule has 0 amide bonds. The fourth-order valence-electron chi connectivity index (χ4n) is 3.03. The fraction of sp³-hybridized carbons (Fsp3) is 0.105. The van der Waals surface area contributed by atoms with Crippen molar-refractivity contribution in [3.63, 3.8) is 0 Å². The monoisotopic (exact) mass is 389 g/mol. The number of fused-ring (bicyclic) bond motifs is 1. The summed E-state index contributed by atoms with van der Waals surface area (Å²) < 4.78 is 34.0. The number of hydrogen-bond acceptors (Lipinski definition) is 4. The fourth-order valence-corrected chi connectivity index (χ4v) is 3.03. The van der Waals surface area contributed by atoms with E-state index in [4.69, 9.17) is 4.74 Å². The van der Waals surface area contributed by atoms with Crippen LogP contribution in [-0.2, 0) is 4.79 Å². The number of nitrogens with zero attached hydrogens (tertiary/aromatic N) is 1. The third kappa shape index (κ3) is 2.96. The summed E-state index contributed by atoms with van der Waals surface area (Å²) >= 11 is 0. The van der Waals surface area contributed by atoms with Gasteiger partial charge in [-0.1, -0.05) is 30.3 Å². The molecule has 7 nitrogen and oxygen atoms in total. The normalized spacial score (nSPS) is 12.0. The Morgan fingerprint density at radius 1 is 1.14 bits per heavy atom. The van der Waals surface area contributed by atoms with Crippen LogP contribution in [0.3, 0.4) is 0 Å². The molecular weight excluding hydrogens is 376 g/mol. The molecule has 0 saturated heterocycles. The first kappa shape index (κ1) is 19.0. The molecule has 1 aromatic heterocycles. The number of ether oxygens (including phenoxy) is 1. The van der Waals surface area contributed by atoms with E-state index in [1.54, 1.807) is 18.2 Å². The van der Waals surface area contributed by atoms with Gasteiger partial charge in [-0.25, -0.2) is 14.0 Å². The Morgan fingerprint density at radius 2 is 1.79 bits per heavy atom. The van der Waals surface area contributed by atoms with Crippen molar-refractivity contribution in [1.82, 2.24) is 4.57 Å². The summed E-state index contributed by atoms with van der Waals surface area (Å²) in [6, 6.07) is 6.70. The highest BCUT2D eigenvalue weighted by molar-refractivity contribution is 5.95. The molecule has 0 saturated carbocycles. The Kier molecular flexibility index (Phi) is 4.83. The van der Waals surface area contributed by atoms with Gasteiger partial charge in [0, 0.05) is 6.20 Å². The summed E-state index contributed by atoms with van der Waals surface area (Å²) in [5.74, 6) is -6.60. The molecule has 0 aliphatic carbocycles. The summed E-state index contributed by atoms with van der Waals surface area (Å²) in [7, 11) is 1.02. The number of carbonyl (C=O) groups is 2. The van der Waals surface area contributed by atoms with Crippen LogP contribution >= 0.6 is 0 Å². The number of aromatic nitrogens is 1. The van der Waals surface area contributed by atoms with E-state index in [1.165, 1.54) is 12.1 Å². The number of carboxylic acid groups (broad SMARTS) is 2. The molecular formula is C19H13F2NO6. The number of halogens is 2. The average Bonchev–Trinajstić information content (AvgIpc) is 2.65. The summed E-state index contributed by atoms with van der Waals surface area (Å²) in [6.07, 6.45) is 0.790. The maximum absolute atomic E-state index is 14.3. The minimum absolute atomic E-state index is 0.225. The van der Waals surface area contributed by atoms with Crippen LogP contribution in [0, 0.1) is 11.6 Å². The number of benzene rings is 2. The lowest BCUT2D eigenvalue weighted by molar-refractivity contribution is -0.139. The number of methoxy groups -OCH3 is 1. The van der Waals surface area contributed by atoms with Crippen molar-refractivity contribution in [3.8, 4) is 5.75 Å². The van der Waals surface area contributed by atoms with Crippen molar-refractivity contribution in [3.05, 3.63) is 75.6 Å². The Balaban J connectivity index is 2.55. The Morgan fingerprint density at radius 3 is 2.32 bits per heavy atom. The SMILES string of the molecule is COc1c(F)c(F)cc2c(=O)c(C(=O)O)cn([C@H](C(=O)O)c3ccccc3)c12. The lowest BCUT2D eigenvalue weighted by Gasteiger charge is -2.22. The van der Waals surface area contributed by atoms with Gasteiger partial charge in [0.15, 0.2) is 17.6 Å². The molecule has 0 aliphatic heterocycles. The molecule has 0 unspecified atom stereocenters. The average molecular weight is 389 g/mol. The van der Waals surface area contributed by atoms with Crippen molar-refractivity contribution in [2.75, 3.05) is 7.11 Å². The summed E-state index contributed by atoms with van der Waals surface area (Å²) in [5.41, 5.74) is -2.02. The zero-order valence-corrected chi connectivity index (χ0v) is 14.3. The molecule has 1 heterocycles. The minimum Gasteiger partial charge on any atom is -0.491 e. The van der Waals surface area contributed by atoms with Crippen molar-refractivity contribution in [2.24, 2.45) is 0 Å². The molecule has 0 aliphatic rings. The van der Waals surface area contributed by atoms with Gasteiger partial charge in [0.25, 0.3) is 0 Å². The van der Waals surface area contributed by atoms with Gasteiger partial charge in [0.05, 0.1) is 18.0 Å². The van der Waals surface area contributed by atoms with E-state index in [1.807, 2.05) is 0 Å². The third-order valence-corrected chi connectivity index (χ3v) is 4.23. The van der Waals surface area contributed by atoms with E-state index in [0.29, 0.717) is 6.07 Å². The van der Waals surface area contributed by atoms with Gasteiger partial charge < -0.3 is 19.5 Å². The van der Waals surface area contributed by atoms with Crippen LogP contribution in [-0.4, -0.2) is 33.8 Å². The van der Waals surface area contributed by atoms with Gasteiger partial charge in [0.1, 0.15) is 5.56 Å². The molecule has 28 heavy (non-hydrogen) atoms. The minimum atomic E-state index is -1.64. The molecule has 144 valence electrons. The van der Waals surface area contributed by atoms with Gasteiger partial charge in [0.2, 0.25) is 11.2 Å². The van der Waals surface area contributed by atoms with E-state index in [2.05, 4.69) is 0 Å². The van der Waals surface area contributed by atoms with Crippen molar-refractivity contribution < 1.29 is 33.3 Å². The third-order valence-electron chi connectivity index (χ3n) is 4.23. The molecule has 0 fully saturated rings. The van der Waals surface area contributed by atoms with Crippen LogP contribution in [0.5, 0.6) is 5.75 Å². The van der Waals surface area contributed by atoms with Crippen LogP contribution in [0.4, 0.5) is 8.78 Å². The van der Waals surface area contributed by atoms with Gasteiger partial charge >= 0.3 is 11.9 Å². The maximum Gasteiger partial charge on any atom is 0.341 e. The smallest absolute Gasteiger partial charge is 0.341 e. The molecule has 0 radical (unpaired) electrons. The Labute approximate surface area is 156 Å². The molecule has 2 N–H and O–H groups in total. The summed E-state index contributed by atoms with van der Waals surface area (Å²) in [4.78, 5) is 36.0. The second kappa shape index (κ2) is 7.10. The number of aromatic carboxylic acids is 1. The topological polar surface area (TPSA) is 106 Å². The van der Waals surface area contributed by atoms with E-state index in [9.17, 15) is 33.4 Å². The summed E-state index contributed by atoms with van der Waals surface area (Å²) in [5, 5.41) is 18.6. The Hall–Kier alpha value is -3.75. The highest BCUT2D eigenvalue weighted by Crippen LogP contribution is 2.33. The van der Waals surface area contributed by atoms with Crippen LogP contribution in [0.1, 0.15) is 22.0 Å². The zero-order chi connectivity index (χ0) is 20.6. The summed E-state index contributed by atoms with van der Waals surface area (Å²) in [6.45, 7) is 0. The van der Waals surface area contributed by atoms with Crippen LogP contribution in [0.2, 0.25) is 0 Å². The lowest BCUT2D eigenvalue weighted by Crippen LogP contribution is -2.26. The number of aliphatic carboxylic acids is 1. The van der Waals surface area contributed by atoms with Gasteiger partial charge in [-0.15, -0.1) is 0 Å². The quantitative estimate of drug-likeness (QED) is 0.695. The largest absolute Gasteiger partial charge is 0.491 e. The highest BCUT2D eigenvalue weighted by atomic mass is 19.2. The molecule has 1 atom stereocenters. The van der Waals surface area contributed by atoms with E-state index in [0.717, 1.165) is 17.9 Å². The van der Waals surface area contributed by atoms with Gasteiger partial charge in [-0.05, 0) is 11.6 Å². The molecule has 0 spiro atoms. The second-order valence-electron chi connectivity index (χ2n) is 5.84. The van der Waals surface area contributed by atoms with E-state index in [-0.39, 0.29) is 11.1 Å². The maximum atomic E-state index is 14.3. The van der Waals surface area contributed by atoms with E-state index < -0.39 is 51.7 Å². The van der Waals surface area contributed by atoms with Gasteiger partial charge in [-0.2, -0.15) is 4.39 Å². The van der Waals surface area contributed by atoms with Gasteiger partial charge in [-0.3, -0.25) is 4.79 Å². The van der Waals surface area contributed by atoms with E-state index >= 15 is 0 Å². The first-order chi connectivity index (χ1) is 13.3. The highest BCUT2D eigenvalue weighted by Gasteiger charge is 2.29. The number of rotatable bonds is 5. The van der Waals surface area contributed by atoms with Crippen molar-refractivity contribution >= 4 is 22.8 Å². The first-order valence-corrected chi connectivity index (χ1v) is 7.89. The van der Waals surface area contributed by atoms with Crippen LogP contribution < -0.4 is 10.2 Å². The molecule has 3 rings (SSSR count). The van der Waals surface area contributed by atoms with Crippen molar-refractivity contribution in [2.45, 2.75) is 6.04 Å². The standard InChI is InChI=1S/C19H13F2NO6/c1-28-17-13(21)12(20)7-10-15(17)22(8-11(16(10)23)18(24)25)14(19(26)27)9-5-3-2-4-6-9/h2-8,14H,1H3,(H,24,25)(H,26,27)/t14-/m0/s1. The second-order valence-corrected chi connectivity index (χ2v) is 5.84. The number of hydrogen-bond donors (Lipinski definition) is 2. The zero-order valence-electron chi connectivity index (χ0n) is 14.3. The lowest BCUT2D eigenvalue weighted by atomic mass is 10.0. The predicted octanol–water partition coefficient (Wildman–Crippen LogP) is 2.66.